The van der Waals surface area contributed by atoms with Gasteiger partial charge in [-0.1, -0.05) is 127 Å². The molecule has 10 nitrogen and oxygen atoms in total. The number of alkyl carbamates (subject to hydrolysis) is 1. The van der Waals surface area contributed by atoms with E-state index >= 15 is 0 Å². The zero-order valence-electron chi connectivity index (χ0n) is 30.4. The van der Waals surface area contributed by atoms with E-state index in [1.165, 1.54) is 0 Å². The van der Waals surface area contributed by atoms with Crippen LogP contribution in [0.15, 0.2) is 72.8 Å². The Morgan fingerprint density at radius 1 is 0.760 bits per heavy atom. The van der Waals surface area contributed by atoms with Crippen LogP contribution >= 0.6 is 0 Å². The van der Waals surface area contributed by atoms with Crippen molar-refractivity contribution in [2.24, 2.45) is 17.8 Å². The van der Waals surface area contributed by atoms with Gasteiger partial charge in [0.1, 0.15) is 18.7 Å². The van der Waals surface area contributed by atoms with Crippen molar-refractivity contribution in [3.05, 3.63) is 83.9 Å². The number of amides is 4. The first-order valence-corrected chi connectivity index (χ1v) is 17.9. The first-order valence-electron chi connectivity index (χ1n) is 17.9. The lowest BCUT2D eigenvalue weighted by molar-refractivity contribution is -0.132. The molecule has 3 rings (SSSR count). The lowest BCUT2D eigenvalue weighted by Crippen LogP contribution is -2.58. The van der Waals surface area contributed by atoms with E-state index in [2.05, 4.69) is 21.3 Å². The topological polar surface area (TPSA) is 146 Å². The number of rotatable bonds is 19. The smallest absolute Gasteiger partial charge is 0.408 e. The van der Waals surface area contributed by atoms with Gasteiger partial charge in [-0.05, 0) is 46.1 Å². The number of nitrogens with one attached hydrogen (secondary N) is 4. The molecule has 3 aromatic rings. The number of carbonyl (C=O) groups is 4. The molecule has 0 aromatic heterocycles. The number of carbonyl (C=O) groups excluding carboxylic acids is 4. The van der Waals surface area contributed by atoms with Gasteiger partial charge in [0.25, 0.3) is 0 Å². The van der Waals surface area contributed by atoms with Crippen LogP contribution < -0.4 is 21.3 Å². The molecule has 0 bridgehead atoms. The minimum absolute atomic E-state index is 0.0304. The predicted molar refractivity (Wildman–Crippen MR) is 197 cm³/mol. The fourth-order valence-electron chi connectivity index (χ4n) is 5.74. The molecule has 6 atom stereocenters. The minimum Gasteiger partial charge on any atom is -0.445 e. The molecule has 0 aliphatic carbocycles. The summed E-state index contributed by atoms with van der Waals surface area (Å²) in [7, 11) is 0. The van der Waals surface area contributed by atoms with Gasteiger partial charge in [0.05, 0.1) is 18.6 Å². The minimum atomic E-state index is -1.12. The summed E-state index contributed by atoms with van der Waals surface area (Å²) in [4.78, 5) is 53.6. The fraction of sp³-hybridized carbons (Fsp3) is 0.500. The summed E-state index contributed by atoms with van der Waals surface area (Å²) < 4.78 is 5.47. The van der Waals surface area contributed by atoms with E-state index in [1.807, 2.05) is 114 Å². The number of ether oxygens (including phenoxy) is 1. The molecule has 0 spiro atoms. The quantitative estimate of drug-likeness (QED) is 0.110. The van der Waals surface area contributed by atoms with E-state index in [9.17, 15) is 24.3 Å². The zero-order chi connectivity index (χ0) is 36.6. The lowest BCUT2D eigenvalue weighted by atomic mass is 9.91. The molecule has 3 aromatic carbocycles. The molecular formula is C40H56N4O6. The van der Waals surface area contributed by atoms with E-state index < -0.39 is 42.1 Å². The number of benzene rings is 3. The SMILES string of the molecule is CCC(C)CNC(=O)CC(O)C(NC(=O)[C@H](CC(C)C)NC(=O)[C@H](Cc1cccc2ccccc12)NC(=O)OCc1ccccc1)C(C)CC. The molecule has 10 heteroatoms. The summed E-state index contributed by atoms with van der Waals surface area (Å²) in [5.41, 5.74) is 1.65. The molecule has 0 fully saturated rings. The highest BCUT2D eigenvalue weighted by Crippen LogP contribution is 2.21. The van der Waals surface area contributed by atoms with Gasteiger partial charge in [-0.2, -0.15) is 0 Å². The van der Waals surface area contributed by atoms with Crippen LogP contribution in [0.4, 0.5) is 4.79 Å². The largest absolute Gasteiger partial charge is 0.445 e. The summed E-state index contributed by atoms with van der Waals surface area (Å²) >= 11 is 0. The van der Waals surface area contributed by atoms with Crippen LogP contribution in [0.1, 0.15) is 78.4 Å². The summed E-state index contributed by atoms with van der Waals surface area (Å²) in [6.45, 7) is 12.4. The van der Waals surface area contributed by atoms with Crippen LogP contribution in [-0.4, -0.2) is 59.7 Å². The van der Waals surface area contributed by atoms with Crippen LogP contribution in [0.2, 0.25) is 0 Å². The third kappa shape index (κ3) is 12.8. The Hall–Kier alpha value is -4.44. The standard InChI is InChI=1S/C40H56N4O6/c1-7-27(5)24-41-36(46)23-35(45)37(28(6)8-2)44-39(48)33(21-26(3)4)42-38(47)34(43-40(49)50-25-29-15-10-9-11-16-29)22-31-19-14-18-30-17-12-13-20-32(30)31/h9-20,26-28,33-35,37,45H,7-8,21-25H2,1-6H3,(H,41,46)(H,42,47)(H,43,49)(H,44,48)/t27?,28?,33-,34-,35?,37?/m0/s1. The molecule has 0 aliphatic heterocycles. The molecule has 0 aliphatic rings. The van der Waals surface area contributed by atoms with Crippen LogP contribution in [0, 0.1) is 17.8 Å². The van der Waals surface area contributed by atoms with Crippen molar-refractivity contribution in [1.29, 1.82) is 0 Å². The number of hydrogen-bond donors (Lipinski definition) is 5. The van der Waals surface area contributed by atoms with Crippen LogP contribution in [0.3, 0.4) is 0 Å². The number of fused-ring (bicyclic) bond motifs is 1. The van der Waals surface area contributed by atoms with Gasteiger partial charge < -0.3 is 31.1 Å². The highest BCUT2D eigenvalue weighted by atomic mass is 16.5. The maximum atomic E-state index is 14.0. The van der Waals surface area contributed by atoms with Crippen molar-refractivity contribution in [1.82, 2.24) is 21.3 Å². The number of aliphatic hydroxyl groups is 1. The van der Waals surface area contributed by atoms with Crippen molar-refractivity contribution in [3.63, 3.8) is 0 Å². The number of aliphatic hydroxyl groups excluding tert-OH is 1. The van der Waals surface area contributed by atoms with Gasteiger partial charge in [-0.25, -0.2) is 4.79 Å². The molecule has 0 radical (unpaired) electrons. The second-order valence-electron chi connectivity index (χ2n) is 13.8. The van der Waals surface area contributed by atoms with Crippen molar-refractivity contribution in [3.8, 4) is 0 Å². The molecule has 0 saturated heterocycles. The Kier molecular flexibility index (Phi) is 16.2. The average molecular weight is 689 g/mol. The van der Waals surface area contributed by atoms with Crippen LogP contribution in [0.25, 0.3) is 10.8 Å². The Labute approximate surface area is 297 Å². The molecule has 50 heavy (non-hydrogen) atoms. The lowest BCUT2D eigenvalue weighted by Gasteiger charge is -2.31. The van der Waals surface area contributed by atoms with Gasteiger partial charge in [0.2, 0.25) is 17.7 Å². The zero-order valence-corrected chi connectivity index (χ0v) is 30.4. The van der Waals surface area contributed by atoms with Crippen molar-refractivity contribution in [2.75, 3.05) is 6.54 Å². The highest BCUT2D eigenvalue weighted by molar-refractivity contribution is 5.93. The second-order valence-corrected chi connectivity index (χ2v) is 13.8. The van der Waals surface area contributed by atoms with E-state index in [4.69, 9.17) is 4.74 Å². The summed E-state index contributed by atoms with van der Waals surface area (Å²) in [6.07, 6.45) is 0.00529. The molecule has 272 valence electrons. The van der Waals surface area contributed by atoms with Crippen molar-refractivity contribution < 1.29 is 29.0 Å². The first-order chi connectivity index (χ1) is 23.9. The third-order valence-electron chi connectivity index (χ3n) is 9.18. The van der Waals surface area contributed by atoms with Gasteiger partial charge in [-0.3, -0.25) is 14.4 Å². The average Bonchev–Trinajstić information content (AvgIpc) is 3.11. The normalized spacial score (nSPS) is 14.9. The van der Waals surface area contributed by atoms with E-state index in [0.29, 0.717) is 25.3 Å². The molecule has 0 saturated carbocycles. The van der Waals surface area contributed by atoms with Gasteiger partial charge in [-0.15, -0.1) is 0 Å². The first kappa shape index (κ1) is 40.0. The monoisotopic (exact) mass is 688 g/mol. The van der Waals surface area contributed by atoms with Gasteiger partial charge in [0, 0.05) is 13.0 Å². The molecular weight excluding hydrogens is 632 g/mol. The summed E-state index contributed by atoms with van der Waals surface area (Å²) in [6, 6.07) is 20.1. The van der Waals surface area contributed by atoms with E-state index in [1.54, 1.807) is 0 Å². The molecule has 4 amide bonds. The predicted octanol–water partition coefficient (Wildman–Crippen LogP) is 5.65. The summed E-state index contributed by atoms with van der Waals surface area (Å²) in [5, 5.41) is 24.5. The van der Waals surface area contributed by atoms with E-state index in [0.717, 1.165) is 28.3 Å². The highest BCUT2D eigenvalue weighted by Gasteiger charge is 2.33. The maximum absolute atomic E-state index is 14.0. The maximum Gasteiger partial charge on any atom is 0.408 e. The van der Waals surface area contributed by atoms with Crippen LogP contribution in [0.5, 0.6) is 0 Å². The Morgan fingerprint density at radius 3 is 2.10 bits per heavy atom. The summed E-state index contributed by atoms with van der Waals surface area (Å²) in [5.74, 6) is -1.09. The molecule has 4 unspecified atom stereocenters. The van der Waals surface area contributed by atoms with Crippen molar-refractivity contribution >= 4 is 34.6 Å². The third-order valence-corrected chi connectivity index (χ3v) is 9.18. The Balaban J connectivity index is 1.81. The molecule has 5 N–H and O–H groups in total. The Morgan fingerprint density at radius 2 is 1.42 bits per heavy atom. The number of hydrogen-bond acceptors (Lipinski definition) is 6. The molecule has 0 heterocycles. The van der Waals surface area contributed by atoms with E-state index in [-0.39, 0.29) is 37.2 Å². The fourth-order valence-corrected chi connectivity index (χ4v) is 5.74. The van der Waals surface area contributed by atoms with Gasteiger partial charge >= 0.3 is 6.09 Å². The van der Waals surface area contributed by atoms with Crippen molar-refractivity contribution in [2.45, 2.75) is 104 Å². The second kappa shape index (κ2) is 20.3. The van der Waals surface area contributed by atoms with Crippen LogP contribution in [-0.2, 0) is 32.1 Å². The van der Waals surface area contributed by atoms with Gasteiger partial charge in [0.15, 0.2) is 0 Å². The Bertz CT molecular complexity index is 1530.